The van der Waals surface area contributed by atoms with Gasteiger partial charge in [0.15, 0.2) is 5.13 Å². The summed E-state index contributed by atoms with van der Waals surface area (Å²) in [5, 5.41) is 8.33. The van der Waals surface area contributed by atoms with E-state index in [1.165, 1.54) is 18.4 Å². The zero-order valence-electron chi connectivity index (χ0n) is 12.3. The van der Waals surface area contributed by atoms with Crippen molar-refractivity contribution in [1.29, 1.82) is 0 Å². The number of nitrogens with zero attached hydrogens (tertiary/aromatic N) is 3. The number of esters is 1. The number of rotatable bonds is 4. The Morgan fingerprint density at radius 1 is 1.35 bits per heavy atom. The average molecular weight is 294 g/mol. The summed E-state index contributed by atoms with van der Waals surface area (Å²) < 4.78 is 6.59. The molecule has 20 heavy (non-hydrogen) atoms. The molecule has 0 bridgehead atoms. The maximum absolute atomic E-state index is 11.5. The van der Waals surface area contributed by atoms with Crippen LogP contribution in [0, 0.1) is 20.8 Å². The summed E-state index contributed by atoms with van der Waals surface area (Å²) in [5.74, 6) is -0.346. The molecule has 0 saturated carbocycles. The van der Waals surface area contributed by atoms with Gasteiger partial charge in [-0.1, -0.05) is 11.3 Å². The highest BCUT2D eigenvalue weighted by Crippen LogP contribution is 2.24. The second-order valence-electron chi connectivity index (χ2n) is 4.55. The molecular weight excluding hydrogens is 276 g/mol. The van der Waals surface area contributed by atoms with E-state index in [-0.39, 0.29) is 5.97 Å². The molecule has 0 aromatic carbocycles. The minimum atomic E-state index is -0.346. The van der Waals surface area contributed by atoms with Crippen LogP contribution in [0.25, 0.3) is 0 Å². The van der Waals surface area contributed by atoms with E-state index in [1.54, 1.807) is 6.92 Å². The van der Waals surface area contributed by atoms with Crippen LogP contribution in [0.4, 0.5) is 5.13 Å². The average Bonchev–Trinajstić information content (AvgIpc) is 2.89. The Hall–Kier alpha value is -1.89. The third-order valence-corrected chi connectivity index (χ3v) is 4.34. The summed E-state index contributed by atoms with van der Waals surface area (Å²) in [5.41, 5.74) is 3.96. The number of carbonyl (C=O) groups excluding carboxylic acids is 1. The number of carbonyl (C=O) groups is 1. The van der Waals surface area contributed by atoms with Crippen LogP contribution in [0.3, 0.4) is 0 Å². The molecule has 0 aliphatic heterocycles. The molecule has 6 nitrogen and oxygen atoms in total. The van der Waals surface area contributed by atoms with Crippen LogP contribution in [0.1, 0.15) is 32.3 Å². The van der Waals surface area contributed by atoms with Gasteiger partial charge < -0.3 is 10.1 Å². The molecule has 0 unspecified atom stereocenters. The van der Waals surface area contributed by atoms with Crippen molar-refractivity contribution in [1.82, 2.24) is 14.8 Å². The number of anilines is 1. The molecule has 0 aliphatic rings. The molecule has 0 saturated heterocycles. The molecule has 0 amide bonds. The van der Waals surface area contributed by atoms with Gasteiger partial charge in [0.2, 0.25) is 0 Å². The van der Waals surface area contributed by atoms with E-state index < -0.39 is 0 Å². The lowest BCUT2D eigenvalue weighted by Gasteiger charge is -2.03. The van der Waals surface area contributed by atoms with Crippen LogP contribution in [-0.2, 0) is 18.3 Å². The van der Waals surface area contributed by atoms with Gasteiger partial charge >= 0.3 is 5.97 Å². The quantitative estimate of drug-likeness (QED) is 0.875. The Morgan fingerprint density at radius 2 is 2.05 bits per heavy atom. The van der Waals surface area contributed by atoms with Crippen LogP contribution >= 0.6 is 11.3 Å². The predicted molar refractivity (Wildman–Crippen MR) is 78.2 cm³/mol. The van der Waals surface area contributed by atoms with E-state index in [4.69, 9.17) is 4.74 Å². The molecule has 2 aromatic heterocycles. The lowest BCUT2D eigenvalue weighted by molar-refractivity contribution is 0.0605. The van der Waals surface area contributed by atoms with E-state index in [1.807, 2.05) is 25.6 Å². The largest absolute Gasteiger partial charge is 0.465 e. The van der Waals surface area contributed by atoms with E-state index >= 15 is 0 Å². The second kappa shape index (κ2) is 5.62. The minimum absolute atomic E-state index is 0.346. The maximum atomic E-state index is 11.5. The molecule has 2 aromatic rings. The second-order valence-corrected chi connectivity index (χ2v) is 5.55. The lowest BCUT2D eigenvalue weighted by Crippen LogP contribution is -2.02. The smallest absolute Gasteiger partial charge is 0.350 e. The Morgan fingerprint density at radius 3 is 2.60 bits per heavy atom. The molecule has 2 heterocycles. The normalized spacial score (nSPS) is 10.7. The first-order chi connectivity index (χ1) is 9.43. The fourth-order valence-corrected chi connectivity index (χ4v) is 2.87. The summed E-state index contributed by atoms with van der Waals surface area (Å²) in [4.78, 5) is 16.4. The Bertz CT molecular complexity index is 645. The highest BCUT2D eigenvalue weighted by molar-refractivity contribution is 7.17. The Labute approximate surface area is 121 Å². The molecule has 0 radical (unpaired) electrons. The van der Waals surface area contributed by atoms with Gasteiger partial charge in [-0.2, -0.15) is 5.10 Å². The van der Waals surface area contributed by atoms with E-state index in [2.05, 4.69) is 15.4 Å². The Balaban J connectivity index is 2.13. The highest BCUT2D eigenvalue weighted by Gasteiger charge is 2.16. The van der Waals surface area contributed by atoms with E-state index in [0.717, 1.165) is 17.0 Å². The van der Waals surface area contributed by atoms with Crippen molar-refractivity contribution >= 4 is 22.4 Å². The monoisotopic (exact) mass is 294 g/mol. The van der Waals surface area contributed by atoms with Crippen molar-refractivity contribution in [3.8, 4) is 0 Å². The van der Waals surface area contributed by atoms with Gasteiger partial charge in [-0.05, 0) is 20.8 Å². The fourth-order valence-electron chi connectivity index (χ4n) is 1.99. The molecule has 0 spiro atoms. The number of aromatic nitrogens is 3. The molecule has 1 N–H and O–H groups in total. The van der Waals surface area contributed by atoms with Crippen LogP contribution < -0.4 is 5.32 Å². The molecule has 7 heteroatoms. The van der Waals surface area contributed by atoms with Gasteiger partial charge in [0.1, 0.15) is 4.88 Å². The van der Waals surface area contributed by atoms with Gasteiger partial charge in [-0.25, -0.2) is 9.78 Å². The summed E-state index contributed by atoms with van der Waals surface area (Å²) in [6, 6.07) is 0. The maximum Gasteiger partial charge on any atom is 0.350 e. The molecular formula is C13H18N4O2S. The number of hydrogen-bond acceptors (Lipinski definition) is 6. The van der Waals surface area contributed by atoms with Gasteiger partial charge in [-0.15, -0.1) is 0 Å². The van der Waals surface area contributed by atoms with Gasteiger partial charge in [-0.3, -0.25) is 4.68 Å². The number of hydrogen-bond donors (Lipinski definition) is 1. The van der Waals surface area contributed by atoms with Crippen LogP contribution in [0.2, 0.25) is 0 Å². The Kier molecular flexibility index (Phi) is 4.08. The summed E-state index contributed by atoms with van der Waals surface area (Å²) in [6.45, 7) is 6.45. The first-order valence-corrected chi connectivity index (χ1v) is 7.04. The van der Waals surface area contributed by atoms with Crippen molar-refractivity contribution < 1.29 is 9.53 Å². The summed E-state index contributed by atoms with van der Waals surface area (Å²) in [7, 11) is 3.30. The van der Waals surface area contributed by atoms with Crippen molar-refractivity contribution in [3.63, 3.8) is 0 Å². The van der Waals surface area contributed by atoms with E-state index in [0.29, 0.717) is 22.2 Å². The van der Waals surface area contributed by atoms with Crippen molar-refractivity contribution in [2.45, 2.75) is 27.3 Å². The van der Waals surface area contributed by atoms with Crippen molar-refractivity contribution in [2.24, 2.45) is 7.05 Å². The lowest BCUT2D eigenvalue weighted by atomic mass is 10.2. The third kappa shape index (κ3) is 2.67. The SMILES string of the molecule is COC(=O)c1sc(NCc2c(C)nn(C)c2C)nc1C. The zero-order chi connectivity index (χ0) is 14.9. The molecule has 0 fully saturated rings. The first kappa shape index (κ1) is 14.5. The van der Waals surface area contributed by atoms with Crippen LogP contribution in [0.15, 0.2) is 0 Å². The highest BCUT2D eigenvalue weighted by atomic mass is 32.1. The van der Waals surface area contributed by atoms with E-state index in [9.17, 15) is 4.79 Å². The molecule has 2 rings (SSSR count). The number of nitrogens with one attached hydrogen (secondary N) is 1. The topological polar surface area (TPSA) is 69.0 Å². The van der Waals surface area contributed by atoms with Gasteiger partial charge in [0, 0.05) is 24.8 Å². The molecule has 108 valence electrons. The minimum Gasteiger partial charge on any atom is -0.465 e. The van der Waals surface area contributed by atoms with Crippen molar-refractivity contribution in [2.75, 3.05) is 12.4 Å². The number of thiazole rings is 1. The van der Waals surface area contributed by atoms with Crippen molar-refractivity contribution in [3.05, 3.63) is 27.5 Å². The first-order valence-electron chi connectivity index (χ1n) is 6.22. The molecule has 0 atom stereocenters. The predicted octanol–water partition coefficient (Wildman–Crippen LogP) is 2.20. The van der Waals surface area contributed by atoms with Gasteiger partial charge in [0.05, 0.1) is 18.5 Å². The summed E-state index contributed by atoms with van der Waals surface area (Å²) >= 11 is 1.31. The van der Waals surface area contributed by atoms with Crippen LogP contribution in [0.5, 0.6) is 0 Å². The number of aryl methyl sites for hydroxylation is 3. The standard InChI is InChI=1S/C13H18N4O2S/c1-7-10(9(3)17(4)16-7)6-14-13-15-8(2)11(20-13)12(18)19-5/h6H2,1-5H3,(H,14,15). The number of methoxy groups -OCH3 is 1. The summed E-state index contributed by atoms with van der Waals surface area (Å²) in [6.07, 6.45) is 0. The fraction of sp³-hybridized carbons (Fsp3) is 0.462. The molecule has 0 aliphatic carbocycles. The zero-order valence-corrected chi connectivity index (χ0v) is 13.1. The third-order valence-electron chi connectivity index (χ3n) is 3.24. The number of ether oxygens (including phenoxy) is 1. The van der Waals surface area contributed by atoms with Gasteiger partial charge in [0.25, 0.3) is 0 Å². The van der Waals surface area contributed by atoms with Crippen LogP contribution in [-0.4, -0.2) is 27.8 Å².